The van der Waals surface area contributed by atoms with Crippen LogP contribution in [0.25, 0.3) is 71.3 Å². The van der Waals surface area contributed by atoms with E-state index in [-0.39, 0.29) is 23.0 Å². The highest BCUT2D eigenvalue weighted by atomic mass is 15.3. The van der Waals surface area contributed by atoms with Gasteiger partial charge in [0.1, 0.15) is 0 Å². The fourth-order valence-electron chi connectivity index (χ4n) is 10.4. The SMILES string of the molecule is CC(C)(C)c1nn2c3c(cccc13)B1c3c-2c2c4cccc5c4n4c6c(cccc6c(c3-n3nc(C(C)(C)C)c6cccc1c63)c24)C5(C)C. The van der Waals surface area contributed by atoms with Gasteiger partial charge in [-0.3, -0.25) is 0 Å². The summed E-state index contributed by atoms with van der Waals surface area (Å²) in [6.45, 7) is 18.6. The van der Waals surface area contributed by atoms with E-state index in [1.165, 1.54) is 98.8 Å². The smallest absolute Gasteiger partial charge is 0.252 e. The van der Waals surface area contributed by atoms with Gasteiger partial charge in [0.2, 0.25) is 0 Å². The number of rotatable bonds is 0. The predicted octanol–water partition coefficient (Wildman–Crippen LogP) is 7.89. The van der Waals surface area contributed by atoms with E-state index in [0.717, 1.165) is 11.4 Å². The van der Waals surface area contributed by atoms with Gasteiger partial charge in [-0.15, -0.1) is 0 Å². The van der Waals surface area contributed by atoms with Crippen LogP contribution < -0.4 is 16.4 Å². The monoisotopic (exact) mass is 633 g/mol. The van der Waals surface area contributed by atoms with Crippen molar-refractivity contribution >= 4 is 83.0 Å². The van der Waals surface area contributed by atoms with Crippen molar-refractivity contribution in [2.24, 2.45) is 0 Å². The molecule has 3 aliphatic heterocycles. The highest BCUT2D eigenvalue weighted by Crippen LogP contribution is 2.53. The van der Waals surface area contributed by atoms with Crippen molar-refractivity contribution in [1.82, 2.24) is 24.0 Å². The van der Waals surface area contributed by atoms with Gasteiger partial charge < -0.3 is 4.40 Å². The lowest BCUT2D eigenvalue weighted by Crippen LogP contribution is -2.59. The van der Waals surface area contributed by atoms with Crippen LogP contribution in [0.3, 0.4) is 0 Å². The number of benzene rings is 5. The second-order valence-electron chi connectivity index (χ2n) is 17.5. The number of hydrogen-bond donors (Lipinski definition) is 0. The topological polar surface area (TPSA) is 40.0 Å². The van der Waals surface area contributed by atoms with Crippen molar-refractivity contribution in [1.29, 1.82) is 0 Å². The molecule has 12 rings (SSSR count). The Morgan fingerprint density at radius 3 is 1.41 bits per heavy atom. The Balaban J connectivity index is 1.45. The number of fused-ring (bicyclic) bond motifs is 8. The van der Waals surface area contributed by atoms with E-state index >= 15 is 0 Å². The van der Waals surface area contributed by atoms with Gasteiger partial charge in [-0.2, -0.15) is 10.2 Å². The maximum absolute atomic E-state index is 5.62. The van der Waals surface area contributed by atoms with E-state index in [0.29, 0.717) is 0 Å². The molecule has 0 fully saturated rings. The first-order valence-electron chi connectivity index (χ1n) is 17.8. The lowest BCUT2D eigenvalue weighted by atomic mass is 9.34. The average molecular weight is 634 g/mol. The van der Waals surface area contributed by atoms with Gasteiger partial charge in [0.15, 0.2) is 0 Å². The van der Waals surface area contributed by atoms with Crippen LogP contribution in [0.2, 0.25) is 0 Å². The van der Waals surface area contributed by atoms with Crippen molar-refractivity contribution in [2.75, 3.05) is 0 Å². The zero-order chi connectivity index (χ0) is 33.3. The van der Waals surface area contributed by atoms with Crippen LogP contribution in [0.15, 0.2) is 72.8 Å². The molecule has 7 heterocycles. The third-order valence-corrected chi connectivity index (χ3v) is 12.3. The summed E-state index contributed by atoms with van der Waals surface area (Å²) in [4.78, 5) is 0. The summed E-state index contributed by atoms with van der Waals surface area (Å²) in [6, 6.07) is 27.8. The molecule has 236 valence electrons. The Labute approximate surface area is 284 Å². The maximum Gasteiger partial charge on any atom is 0.252 e. The molecule has 0 unspecified atom stereocenters. The van der Waals surface area contributed by atoms with Gasteiger partial charge in [0.05, 0.1) is 50.3 Å². The first kappa shape index (κ1) is 26.8. The lowest BCUT2D eigenvalue weighted by molar-refractivity contribution is 0.565. The summed E-state index contributed by atoms with van der Waals surface area (Å²) in [5, 5.41) is 19.0. The molecule has 5 nitrogen and oxygen atoms in total. The molecule has 6 heteroatoms. The number of nitrogens with zero attached hydrogens (tertiary/aromatic N) is 5. The molecule has 0 bridgehead atoms. The van der Waals surface area contributed by atoms with Crippen molar-refractivity contribution in [3.8, 4) is 11.4 Å². The molecule has 0 saturated carbocycles. The summed E-state index contributed by atoms with van der Waals surface area (Å²) in [5.74, 6) is 0. The van der Waals surface area contributed by atoms with E-state index < -0.39 is 0 Å². The largest absolute Gasteiger partial charge is 0.307 e. The standard InChI is InChI=1S/C43H36BN5/c1-41(2,3)39-23-15-11-19-27-34(23)48(45-39)37-29-21-13-9-17-25-32(21)47-33-22(14-10-18-26(33)43(25,7)8)30(36(29)47)38-31(37)44(27)28-20-12-16-24-35(28)49(38)46-40(24)42(4,5)6/h9-20H,1-8H3. The van der Waals surface area contributed by atoms with Crippen LogP contribution in [-0.2, 0) is 16.2 Å². The number of hydrogen-bond acceptors (Lipinski definition) is 2. The van der Waals surface area contributed by atoms with E-state index in [4.69, 9.17) is 10.2 Å². The van der Waals surface area contributed by atoms with E-state index in [1.54, 1.807) is 0 Å². The third-order valence-electron chi connectivity index (χ3n) is 12.3. The number of aromatic nitrogens is 5. The molecule has 0 N–H and O–H groups in total. The van der Waals surface area contributed by atoms with Gasteiger partial charge in [0, 0.05) is 48.6 Å². The van der Waals surface area contributed by atoms with Crippen molar-refractivity contribution < 1.29 is 0 Å². The highest BCUT2D eigenvalue weighted by molar-refractivity contribution is 7.00. The summed E-state index contributed by atoms with van der Waals surface area (Å²) in [6.07, 6.45) is 0. The van der Waals surface area contributed by atoms with Crippen molar-refractivity contribution in [3.63, 3.8) is 0 Å². The summed E-state index contributed by atoms with van der Waals surface area (Å²) < 4.78 is 7.32. The summed E-state index contributed by atoms with van der Waals surface area (Å²) in [5.41, 5.74) is 17.6. The summed E-state index contributed by atoms with van der Waals surface area (Å²) >= 11 is 0. The van der Waals surface area contributed by atoms with Crippen LogP contribution in [0, 0.1) is 0 Å². The van der Waals surface area contributed by atoms with E-state index in [2.05, 4.69) is 142 Å². The Morgan fingerprint density at radius 2 is 0.959 bits per heavy atom. The summed E-state index contributed by atoms with van der Waals surface area (Å²) in [7, 11) is 0. The molecule has 0 atom stereocenters. The van der Waals surface area contributed by atoms with Gasteiger partial charge in [-0.25, -0.2) is 9.36 Å². The first-order chi connectivity index (χ1) is 23.4. The van der Waals surface area contributed by atoms with Crippen LogP contribution >= 0.6 is 0 Å². The van der Waals surface area contributed by atoms with Crippen LogP contribution in [-0.4, -0.2) is 30.7 Å². The molecule has 5 aromatic carbocycles. The van der Waals surface area contributed by atoms with Gasteiger partial charge in [-0.1, -0.05) is 128 Å². The molecular formula is C43H36BN5. The molecule has 0 spiro atoms. The molecule has 0 radical (unpaired) electrons. The van der Waals surface area contributed by atoms with Gasteiger partial charge >= 0.3 is 0 Å². The fourth-order valence-corrected chi connectivity index (χ4v) is 10.4. The molecule has 4 aromatic heterocycles. The first-order valence-corrected chi connectivity index (χ1v) is 17.8. The van der Waals surface area contributed by atoms with Gasteiger partial charge in [-0.05, 0) is 27.5 Å². The molecule has 0 aliphatic carbocycles. The van der Waals surface area contributed by atoms with E-state index in [9.17, 15) is 0 Å². The van der Waals surface area contributed by atoms with Gasteiger partial charge in [0.25, 0.3) is 6.71 Å². The Morgan fingerprint density at radius 1 is 0.531 bits per heavy atom. The van der Waals surface area contributed by atoms with Crippen molar-refractivity contribution in [2.45, 2.75) is 71.6 Å². The quantitative estimate of drug-likeness (QED) is 0.159. The molecule has 0 saturated heterocycles. The third kappa shape index (κ3) is 2.71. The van der Waals surface area contributed by atoms with Crippen LogP contribution in [0.4, 0.5) is 0 Å². The van der Waals surface area contributed by atoms with Crippen LogP contribution in [0.1, 0.15) is 77.9 Å². The highest BCUT2D eigenvalue weighted by Gasteiger charge is 2.46. The van der Waals surface area contributed by atoms with Crippen molar-refractivity contribution in [3.05, 3.63) is 95.3 Å². The zero-order valence-corrected chi connectivity index (χ0v) is 29.2. The Kier molecular flexibility index (Phi) is 4.21. The number of para-hydroxylation sites is 4. The minimum Gasteiger partial charge on any atom is -0.307 e. The molecule has 0 amide bonds. The zero-order valence-electron chi connectivity index (χ0n) is 29.2. The molecular weight excluding hydrogens is 597 g/mol. The predicted molar refractivity (Wildman–Crippen MR) is 205 cm³/mol. The van der Waals surface area contributed by atoms with E-state index in [1.807, 2.05) is 0 Å². The second-order valence-corrected chi connectivity index (χ2v) is 17.5. The second kappa shape index (κ2) is 7.70. The minimum atomic E-state index is -0.137. The normalized spacial score (nSPS) is 15.9. The molecule has 3 aliphatic rings. The Hall–Kier alpha value is -5.10. The minimum absolute atomic E-state index is 0.0558. The molecule has 9 aromatic rings. The maximum atomic E-state index is 5.62. The van der Waals surface area contributed by atoms with Crippen LogP contribution in [0.5, 0.6) is 0 Å². The Bertz CT molecular complexity index is 2840. The average Bonchev–Trinajstić information content (AvgIpc) is 3.81. The lowest BCUT2D eigenvalue weighted by Gasteiger charge is -2.33. The molecule has 49 heavy (non-hydrogen) atoms. The fraction of sp³-hybridized carbons (Fsp3) is 0.256.